The van der Waals surface area contributed by atoms with Crippen LogP contribution in [0.2, 0.25) is 0 Å². The summed E-state index contributed by atoms with van der Waals surface area (Å²) in [5, 5.41) is 1.99. The van der Waals surface area contributed by atoms with Crippen LogP contribution in [0.3, 0.4) is 0 Å². The maximum Gasteiger partial charge on any atom is 0.437 e. The Bertz CT molecular complexity index is 312. The normalized spacial score (nSPS) is 16.0. The van der Waals surface area contributed by atoms with Gasteiger partial charge in [0.15, 0.2) is 5.70 Å². The maximum atomic E-state index is 12.2. The van der Waals surface area contributed by atoms with E-state index in [0.29, 0.717) is 0 Å². The Labute approximate surface area is 78.2 Å². The van der Waals surface area contributed by atoms with Crippen LogP contribution in [-0.2, 0) is 0 Å². The van der Waals surface area contributed by atoms with Gasteiger partial charge in [-0.2, -0.15) is 13.2 Å². The molecule has 0 unspecified atom stereocenters. The van der Waals surface area contributed by atoms with E-state index in [4.69, 9.17) is 0 Å². The highest BCUT2D eigenvalue weighted by molar-refractivity contribution is 5.39. The summed E-state index contributed by atoms with van der Waals surface area (Å²) in [5.74, 6) is 0. The van der Waals surface area contributed by atoms with Crippen LogP contribution in [0.1, 0.15) is 0 Å². The van der Waals surface area contributed by atoms with E-state index in [9.17, 15) is 18.1 Å². The molecule has 3 nitrogen and oxygen atoms in total. The van der Waals surface area contributed by atoms with E-state index in [2.05, 4.69) is 0 Å². The summed E-state index contributed by atoms with van der Waals surface area (Å²) in [7, 11) is 1.66. The molecule has 0 fully saturated rings. The fourth-order valence-corrected chi connectivity index (χ4v) is 0.927. The van der Waals surface area contributed by atoms with E-state index in [1.807, 2.05) is 5.18 Å². The molecule has 0 aromatic carbocycles. The van der Waals surface area contributed by atoms with E-state index in [-0.39, 0.29) is 5.57 Å². The molecule has 1 rings (SSSR count). The van der Waals surface area contributed by atoms with Gasteiger partial charge in [-0.1, -0.05) is 0 Å². The van der Waals surface area contributed by atoms with Crippen LogP contribution >= 0.6 is 0 Å². The van der Waals surface area contributed by atoms with Gasteiger partial charge in [0.2, 0.25) is 0 Å². The minimum atomic E-state index is -4.71. The molecule has 1 aliphatic heterocycles. The summed E-state index contributed by atoms with van der Waals surface area (Å²) in [6, 6.07) is 0. The van der Waals surface area contributed by atoms with Crippen LogP contribution in [0.15, 0.2) is 41.0 Å². The fraction of sp³-hybridized carbons (Fsp3) is 0.250. The third-order valence-electron chi connectivity index (χ3n) is 1.61. The third-order valence-corrected chi connectivity index (χ3v) is 1.61. The van der Waals surface area contributed by atoms with Crippen LogP contribution in [-0.4, -0.2) is 18.1 Å². The van der Waals surface area contributed by atoms with Crippen molar-refractivity contribution in [1.29, 1.82) is 0 Å². The fourth-order valence-electron chi connectivity index (χ4n) is 0.927. The summed E-state index contributed by atoms with van der Waals surface area (Å²) >= 11 is 0. The molecule has 0 aromatic rings. The van der Waals surface area contributed by atoms with E-state index in [0.717, 1.165) is 0 Å². The highest BCUT2D eigenvalue weighted by Gasteiger charge is 2.37. The molecular formula is C8H7F3N2O. The summed E-state index contributed by atoms with van der Waals surface area (Å²) in [6.45, 7) is 0. The minimum absolute atomic E-state index is 0.231. The van der Waals surface area contributed by atoms with Crippen molar-refractivity contribution in [2.24, 2.45) is 5.18 Å². The number of nitroso groups, excluding NO2 is 1. The zero-order valence-corrected chi connectivity index (χ0v) is 7.25. The molecule has 0 saturated heterocycles. The molecule has 1 aliphatic rings. The van der Waals surface area contributed by atoms with Gasteiger partial charge in [-0.3, -0.25) is 0 Å². The summed E-state index contributed by atoms with van der Waals surface area (Å²) in [6.07, 6.45) is 0.481. The highest BCUT2D eigenvalue weighted by Crippen LogP contribution is 2.30. The van der Waals surface area contributed by atoms with Gasteiger partial charge in [-0.25, -0.2) is 0 Å². The Balaban J connectivity index is 3.09. The molecule has 0 radical (unpaired) electrons. The summed E-state index contributed by atoms with van der Waals surface area (Å²) < 4.78 is 36.5. The van der Waals surface area contributed by atoms with Gasteiger partial charge in [0, 0.05) is 25.0 Å². The maximum absolute atomic E-state index is 12.2. The monoisotopic (exact) mass is 204 g/mol. The lowest BCUT2D eigenvalue weighted by Gasteiger charge is -2.13. The van der Waals surface area contributed by atoms with Crippen molar-refractivity contribution < 1.29 is 13.2 Å². The van der Waals surface area contributed by atoms with E-state index in [1.165, 1.54) is 24.6 Å². The van der Waals surface area contributed by atoms with E-state index < -0.39 is 11.9 Å². The first-order chi connectivity index (χ1) is 6.45. The van der Waals surface area contributed by atoms with Crippen molar-refractivity contribution >= 4 is 0 Å². The molecule has 14 heavy (non-hydrogen) atoms. The smallest absolute Gasteiger partial charge is 0.357 e. The molecule has 0 aliphatic carbocycles. The van der Waals surface area contributed by atoms with Gasteiger partial charge >= 0.3 is 6.18 Å². The van der Waals surface area contributed by atoms with E-state index >= 15 is 0 Å². The van der Waals surface area contributed by atoms with Crippen LogP contribution in [0.4, 0.5) is 13.2 Å². The first-order valence-electron chi connectivity index (χ1n) is 3.68. The largest absolute Gasteiger partial charge is 0.437 e. The molecule has 6 heteroatoms. The number of hydrogen-bond donors (Lipinski definition) is 0. The lowest BCUT2D eigenvalue weighted by molar-refractivity contribution is -0.0929. The summed E-state index contributed by atoms with van der Waals surface area (Å²) in [5.41, 5.74) is -1.64. The predicted molar refractivity (Wildman–Crippen MR) is 44.9 cm³/mol. The van der Waals surface area contributed by atoms with Gasteiger partial charge in [0.25, 0.3) is 0 Å². The first-order valence-corrected chi connectivity index (χ1v) is 3.68. The predicted octanol–water partition coefficient (Wildman–Crippen LogP) is 2.54. The lowest BCUT2D eigenvalue weighted by Crippen LogP contribution is -2.13. The van der Waals surface area contributed by atoms with Crippen molar-refractivity contribution in [3.05, 3.63) is 40.7 Å². The molecule has 76 valence electrons. The molecule has 1 heterocycles. The average Bonchev–Trinajstić information content (AvgIpc) is 2.07. The number of allylic oxidation sites excluding steroid dienone is 4. The second-order valence-corrected chi connectivity index (χ2v) is 2.69. The molecule has 0 saturated carbocycles. The molecule has 0 amide bonds. The van der Waals surface area contributed by atoms with Gasteiger partial charge < -0.3 is 4.90 Å². The second-order valence-electron chi connectivity index (χ2n) is 2.69. The van der Waals surface area contributed by atoms with Crippen molar-refractivity contribution in [1.82, 2.24) is 4.90 Å². The second kappa shape index (κ2) is 3.65. The topological polar surface area (TPSA) is 32.7 Å². The number of alkyl halides is 3. The SMILES string of the molecule is CN1C=CC(=C(N=O)C(F)(F)F)C=C1. The van der Waals surface area contributed by atoms with Crippen LogP contribution in [0.25, 0.3) is 0 Å². The molecule has 0 N–H and O–H groups in total. The summed E-state index contributed by atoms with van der Waals surface area (Å²) in [4.78, 5) is 11.6. The Morgan fingerprint density at radius 3 is 2.21 bits per heavy atom. The zero-order chi connectivity index (χ0) is 10.8. The van der Waals surface area contributed by atoms with Gasteiger partial charge in [-0.15, -0.1) is 4.91 Å². The van der Waals surface area contributed by atoms with Gasteiger partial charge in [0.05, 0.1) is 0 Å². The number of rotatable bonds is 1. The van der Waals surface area contributed by atoms with Gasteiger partial charge in [-0.05, 0) is 17.3 Å². The molecule has 0 bridgehead atoms. The average molecular weight is 204 g/mol. The minimum Gasteiger partial charge on any atom is -0.357 e. The Hall–Kier alpha value is -1.59. The molecule has 0 spiro atoms. The van der Waals surface area contributed by atoms with Crippen molar-refractivity contribution in [2.45, 2.75) is 6.18 Å². The molecule has 0 aromatic heterocycles. The van der Waals surface area contributed by atoms with Crippen molar-refractivity contribution in [3.8, 4) is 0 Å². The van der Waals surface area contributed by atoms with Crippen molar-refractivity contribution in [2.75, 3.05) is 7.05 Å². The Kier molecular flexibility index (Phi) is 2.73. The van der Waals surface area contributed by atoms with Crippen molar-refractivity contribution in [3.63, 3.8) is 0 Å². The Morgan fingerprint density at radius 1 is 1.36 bits per heavy atom. The number of halogens is 3. The van der Waals surface area contributed by atoms with Gasteiger partial charge in [0.1, 0.15) is 0 Å². The molecular weight excluding hydrogens is 197 g/mol. The van der Waals surface area contributed by atoms with Crippen LogP contribution < -0.4 is 0 Å². The third kappa shape index (κ3) is 2.21. The lowest BCUT2D eigenvalue weighted by atomic mass is 10.1. The highest BCUT2D eigenvalue weighted by atomic mass is 19.4. The van der Waals surface area contributed by atoms with E-state index in [1.54, 1.807) is 11.9 Å². The zero-order valence-electron chi connectivity index (χ0n) is 7.25. The van der Waals surface area contributed by atoms with Crippen LogP contribution in [0, 0.1) is 4.91 Å². The first kappa shape index (κ1) is 10.5. The number of hydrogen-bond acceptors (Lipinski definition) is 3. The molecule has 0 atom stereocenters. The Morgan fingerprint density at radius 2 is 1.86 bits per heavy atom. The standard InChI is InChI=1S/C8H7F3N2O/c1-13-4-2-6(3-5-13)7(12-14)8(9,10)11/h2-5H,1H3. The van der Waals surface area contributed by atoms with Crippen LogP contribution in [0.5, 0.6) is 0 Å². The number of nitrogens with zero attached hydrogens (tertiary/aromatic N) is 2. The quantitative estimate of drug-likeness (QED) is 0.615.